The molecule has 1 heterocycles. The Morgan fingerprint density at radius 2 is 1.58 bits per heavy atom. The Kier molecular flexibility index (Phi) is 14.6. The Balaban J connectivity index is 2.42. The normalized spacial score (nSPS) is 21.9. The van der Waals surface area contributed by atoms with Crippen molar-refractivity contribution in [2.45, 2.75) is 155 Å². The van der Waals surface area contributed by atoms with Crippen LogP contribution >= 0.6 is 0 Å². The Bertz CT molecular complexity index is 1400. The third kappa shape index (κ3) is 11.2. The van der Waals surface area contributed by atoms with Crippen molar-refractivity contribution in [3.05, 3.63) is 0 Å². The van der Waals surface area contributed by atoms with Gasteiger partial charge in [-0.1, -0.05) is 67.7 Å². The minimum absolute atomic E-state index is 0.0169. The number of sulfone groups is 1. The van der Waals surface area contributed by atoms with Crippen molar-refractivity contribution >= 4 is 39.4 Å². The van der Waals surface area contributed by atoms with Gasteiger partial charge >= 0.3 is 6.03 Å². The van der Waals surface area contributed by atoms with Crippen molar-refractivity contribution < 1.29 is 32.4 Å². The van der Waals surface area contributed by atoms with Crippen LogP contribution in [0.5, 0.6) is 0 Å². The van der Waals surface area contributed by atoms with Gasteiger partial charge in [0.15, 0.2) is 9.84 Å². The zero-order chi connectivity index (χ0) is 38.3. The number of hydrogen-bond acceptors (Lipinski definition) is 7. The van der Waals surface area contributed by atoms with Gasteiger partial charge in [0.1, 0.15) is 12.1 Å². The highest BCUT2D eigenvalue weighted by atomic mass is 32.2. The average molecular weight is 722 g/mol. The number of nitrogens with one attached hydrogen (secondary N) is 4. The van der Waals surface area contributed by atoms with Crippen LogP contribution in [-0.2, 0) is 29.0 Å². The van der Waals surface area contributed by atoms with Crippen LogP contribution in [0.2, 0.25) is 0 Å². The maximum Gasteiger partial charge on any atom is 0.315 e. The number of Topliss-reactive ketones (excluding diaryl/α,β-unsaturated/α-hetero) is 1. The van der Waals surface area contributed by atoms with Crippen molar-refractivity contribution in [2.75, 3.05) is 18.8 Å². The molecule has 12 nitrogen and oxygen atoms in total. The molecule has 0 aromatic carbocycles. The van der Waals surface area contributed by atoms with Gasteiger partial charge < -0.3 is 26.2 Å². The van der Waals surface area contributed by atoms with E-state index < -0.39 is 73.2 Å². The van der Waals surface area contributed by atoms with Crippen LogP contribution in [0.15, 0.2) is 0 Å². The van der Waals surface area contributed by atoms with Gasteiger partial charge in [-0.25, -0.2) is 13.2 Å². The molecular formula is C37H63N5O7S. The summed E-state index contributed by atoms with van der Waals surface area (Å²) in [5.41, 5.74) is -2.13. The number of hydrogen-bond donors (Lipinski definition) is 4. The number of piperidine rings is 1. The zero-order valence-electron chi connectivity index (χ0n) is 32.1. The predicted molar refractivity (Wildman–Crippen MR) is 196 cm³/mol. The molecular weight excluding hydrogens is 659 g/mol. The summed E-state index contributed by atoms with van der Waals surface area (Å²) in [5, 5.41) is 11.1. The summed E-state index contributed by atoms with van der Waals surface area (Å²) in [4.78, 5) is 69.5. The lowest BCUT2D eigenvalue weighted by molar-refractivity contribution is -0.151. The molecule has 1 saturated heterocycles. The lowest BCUT2D eigenvalue weighted by Crippen LogP contribution is -2.66. The van der Waals surface area contributed by atoms with Crippen LogP contribution in [0.4, 0.5) is 4.79 Å². The van der Waals surface area contributed by atoms with E-state index in [9.17, 15) is 32.4 Å². The first-order valence-corrected chi connectivity index (χ1v) is 19.7. The second-order valence-corrected chi connectivity index (χ2v) is 19.9. The molecule has 4 atom stereocenters. The van der Waals surface area contributed by atoms with Crippen LogP contribution in [0.3, 0.4) is 0 Å². The van der Waals surface area contributed by atoms with Crippen LogP contribution in [0.25, 0.3) is 0 Å². The fraction of sp³-hybridized carbons (Fsp3) is 0.811. The molecule has 0 radical (unpaired) electrons. The molecule has 1 aliphatic heterocycles. The SMILES string of the molecule is C#CCCC(NC(=O)[C@@H]1CC(C)(C)C(C)CN1C(=O)[C@@H](NC(=O)NC1(CS(=O)(=O)C(C)(C)C)CCCCC1)C(C)(C)C)C(=O)C(=O)NCCC. The summed E-state index contributed by atoms with van der Waals surface area (Å²) in [6.45, 7) is 18.8. The Morgan fingerprint density at radius 1 is 0.980 bits per heavy atom. The second-order valence-electron chi connectivity index (χ2n) is 17.1. The summed E-state index contributed by atoms with van der Waals surface area (Å²) in [5.74, 6) is -0.436. The fourth-order valence-corrected chi connectivity index (χ4v) is 8.06. The molecule has 1 saturated carbocycles. The van der Waals surface area contributed by atoms with E-state index in [2.05, 4.69) is 27.2 Å². The summed E-state index contributed by atoms with van der Waals surface area (Å²) in [6, 6.07) is -3.89. The van der Waals surface area contributed by atoms with Gasteiger partial charge in [-0.3, -0.25) is 19.2 Å². The Labute approximate surface area is 300 Å². The maximum atomic E-state index is 14.6. The number of nitrogens with zero attached hydrogens (tertiary/aromatic N) is 1. The van der Waals surface area contributed by atoms with Gasteiger partial charge in [0.25, 0.3) is 5.91 Å². The maximum absolute atomic E-state index is 14.6. The fourth-order valence-electron chi connectivity index (χ4n) is 6.54. The van der Waals surface area contributed by atoms with Crippen LogP contribution < -0.4 is 21.3 Å². The molecule has 2 unspecified atom stereocenters. The summed E-state index contributed by atoms with van der Waals surface area (Å²) >= 11 is 0. The number of carbonyl (C=O) groups is 5. The molecule has 13 heteroatoms. The quantitative estimate of drug-likeness (QED) is 0.165. The van der Waals surface area contributed by atoms with Crippen molar-refractivity contribution in [1.82, 2.24) is 26.2 Å². The predicted octanol–water partition coefficient (Wildman–Crippen LogP) is 3.87. The highest BCUT2D eigenvalue weighted by Gasteiger charge is 2.48. The molecule has 0 spiro atoms. The number of amides is 5. The minimum atomic E-state index is -3.58. The first-order chi connectivity index (χ1) is 22.9. The highest BCUT2D eigenvalue weighted by molar-refractivity contribution is 7.92. The first kappa shape index (κ1) is 43.0. The van der Waals surface area contributed by atoms with Crippen LogP contribution in [-0.4, -0.2) is 90.1 Å². The monoisotopic (exact) mass is 721 g/mol. The van der Waals surface area contributed by atoms with Gasteiger partial charge in [-0.05, 0) is 69.6 Å². The van der Waals surface area contributed by atoms with E-state index in [1.165, 1.54) is 4.90 Å². The molecule has 284 valence electrons. The molecule has 0 aromatic heterocycles. The molecule has 2 aliphatic rings. The number of carbonyl (C=O) groups excluding carboxylic acids is 5. The first-order valence-electron chi connectivity index (χ1n) is 18.1. The van der Waals surface area contributed by atoms with Gasteiger partial charge in [0.05, 0.1) is 22.1 Å². The smallest absolute Gasteiger partial charge is 0.315 e. The molecule has 2 fully saturated rings. The molecule has 0 aromatic rings. The van der Waals surface area contributed by atoms with Gasteiger partial charge in [0.2, 0.25) is 17.6 Å². The zero-order valence-corrected chi connectivity index (χ0v) is 32.9. The van der Waals surface area contributed by atoms with E-state index in [0.29, 0.717) is 25.8 Å². The molecule has 2 rings (SSSR count). The molecule has 50 heavy (non-hydrogen) atoms. The number of ketones is 1. The molecule has 0 bridgehead atoms. The van der Waals surface area contributed by atoms with Crippen molar-refractivity contribution in [1.29, 1.82) is 0 Å². The van der Waals surface area contributed by atoms with Gasteiger partial charge in [-0.2, -0.15) is 0 Å². The summed E-state index contributed by atoms with van der Waals surface area (Å²) in [7, 11) is -3.58. The van der Waals surface area contributed by atoms with Gasteiger partial charge in [0, 0.05) is 19.5 Å². The topological polar surface area (TPSA) is 171 Å². The van der Waals surface area contributed by atoms with E-state index in [1.807, 2.05) is 48.5 Å². The largest absolute Gasteiger partial charge is 0.349 e. The summed E-state index contributed by atoms with van der Waals surface area (Å²) < 4.78 is 25.6. The number of likely N-dealkylation sites (tertiary alicyclic amines) is 1. The van der Waals surface area contributed by atoms with Crippen molar-refractivity contribution in [3.63, 3.8) is 0 Å². The number of urea groups is 1. The third-order valence-corrected chi connectivity index (χ3v) is 13.2. The minimum Gasteiger partial charge on any atom is -0.349 e. The van der Waals surface area contributed by atoms with E-state index in [0.717, 1.165) is 19.3 Å². The van der Waals surface area contributed by atoms with E-state index in [1.54, 1.807) is 20.8 Å². The average Bonchev–Trinajstić information content (AvgIpc) is 2.99. The Morgan fingerprint density at radius 3 is 2.10 bits per heavy atom. The second kappa shape index (κ2) is 16.9. The van der Waals surface area contributed by atoms with Crippen molar-refractivity contribution in [2.24, 2.45) is 16.7 Å². The van der Waals surface area contributed by atoms with E-state index in [-0.39, 0.29) is 42.9 Å². The standard InChI is InChI=1S/C37H63N5O7S/c1-12-14-18-26(28(43)31(45)38-21-13-2)39-30(44)27-22-36(10,11)25(3)23-42(27)32(46)29(34(4,5)6)40-33(47)41-37(19-16-15-17-20-37)24-50(48,49)35(7,8)9/h1,25-27,29H,13-24H2,2-11H3,(H,38,45)(H,39,44)(H2,40,41,47)/t25?,26?,27-,29+/m0/s1. The highest BCUT2D eigenvalue weighted by Crippen LogP contribution is 2.40. The molecule has 5 amide bonds. The van der Waals surface area contributed by atoms with Gasteiger partial charge in [-0.15, -0.1) is 12.3 Å². The van der Waals surface area contributed by atoms with Crippen molar-refractivity contribution in [3.8, 4) is 12.3 Å². The van der Waals surface area contributed by atoms with Crippen LogP contribution in [0, 0.1) is 29.1 Å². The van der Waals surface area contributed by atoms with E-state index in [4.69, 9.17) is 6.42 Å². The van der Waals surface area contributed by atoms with Crippen LogP contribution in [0.1, 0.15) is 127 Å². The number of rotatable bonds is 13. The number of terminal acetylenes is 1. The molecule has 1 aliphatic carbocycles. The lowest BCUT2D eigenvalue weighted by Gasteiger charge is -2.49. The molecule has 4 N–H and O–H groups in total. The summed E-state index contributed by atoms with van der Waals surface area (Å²) in [6.07, 6.45) is 10.0. The third-order valence-electron chi connectivity index (χ3n) is 10.4. The lowest BCUT2D eigenvalue weighted by atomic mass is 9.71. The Hall–Kier alpha value is -3.14. The van der Waals surface area contributed by atoms with E-state index >= 15 is 0 Å².